The standard InChI is InChI=1S/C21H18N2O7/c1-11-14-6-12(2-4-15(14)23-20(11)26)16(24)9-28-19(25)8-22-21(27)13-3-5-17-18(7-13)30-10-29-17/h2-7,11H,8-10H2,1H3,(H,22,27)(H,23,26)/t11-/m0/s1. The molecule has 0 saturated carbocycles. The maximum atomic E-state index is 12.3. The quantitative estimate of drug-likeness (QED) is 0.549. The maximum Gasteiger partial charge on any atom is 0.325 e. The zero-order valence-corrected chi connectivity index (χ0v) is 16.0. The van der Waals surface area contributed by atoms with Gasteiger partial charge in [0.15, 0.2) is 23.9 Å². The molecule has 0 unspecified atom stereocenters. The number of anilines is 1. The molecule has 0 bridgehead atoms. The van der Waals surface area contributed by atoms with E-state index in [1.807, 2.05) is 0 Å². The summed E-state index contributed by atoms with van der Waals surface area (Å²) in [5.74, 6) is -1.10. The first-order valence-corrected chi connectivity index (χ1v) is 9.24. The first-order valence-electron chi connectivity index (χ1n) is 9.24. The van der Waals surface area contributed by atoms with Gasteiger partial charge in [0, 0.05) is 16.8 Å². The Labute approximate surface area is 171 Å². The molecule has 9 nitrogen and oxygen atoms in total. The molecular weight excluding hydrogens is 392 g/mol. The second kappa shape index (κ2) is 7.86. The van der Waals surface area contributed by atoms with E-state index >= 15 is 0 Å². The Morgan fingerprint density at radius 1 is 1.10 bits per heavy atom. The van der Waals surface area contributed by atoms with Gasteiger partial charge in [0.1, 0.15) is 6.54 Å². The normalized spacial score (nSPS) is 15.9. The Hall–Kier alpha value is -3.88. The molecule has 2 heterocycles. The van der Waals surface area contributed by atoms with Crippen molar-refractivity contribution in [2.24, 2.45) is 0 Å². The van der Waals surface area contributed by atoms with Crippen LogP contribution in [0.1, 0.15) is 39.1 Å². The summed E-state index contributed by atoms with van der Waals surface area (Å²) in [5.41, 5.74) is 2.05. The maximum absolute atomic E-state index is 12.3. The van der Waals surface area contributed by atoms with Gasteiger partial charge in [0.2, 0.25) is 12.7 Å². The fraction of sp³-hybridized carbons (Fsp3) is 0.238. The SMILES string of the molecule is C[C@@H]1C(=O)Nc2ccc(C(=O)COC(=O)CNC(=O)c3ccc4c(c3)OCO4)cc21. The van der Waals surface area contributed by atoms with E-state index in [0.717, 1.165) is 5.56 Å². The average Bonchev–Trinajstić information content (AvgIpc) is 3.33. The van der Waals surface area contributed by atoms with Crippen molar-refractivity contribution in [2.45, 2.75) is 12.8 Å². The van der Waals surface area contributed by atoms with Crippen LogP contribution in [0.25, 0.3) is 0 Å². The van der Waals surface area contributed by atoms with E-state index in [1.165, 1.54) is 6.07 Å². The van der Waals surface area contributed by atoms with Crippen LogP contribution in [-0.2, 0) is 14.3 Å². The highest BCUT2D eigenvalue weighted by Crippen LogP contribution is 2.33. The van der Waals surface area contributed by atoms with Crippen molar-refractivity contribution in [3.8, 4) is 11.5 Å². The van der Waals surface area contributed by atoms with Crippen molar-refractivity contribution >= 4 is 29.3 Å². The summed E-state index contributed by atoms with van der Waals surface area (Å²) in [6, 6.07) is 9.50. The minimum atomic E-state index is -0.746. The molecule has 0 saturated heterocycles. The molecule has 2 amide bonds. The number of Topliss-reactive ketones (excluding diaryl/α,β-unsaturated/α-hetero) is 1. The second-order valence-corrected chi connectivity index (χ2v) is 6.85. The van der Waals surface area contributed by atoms with Gasteiger partial charge in [-0.1, -0.05) is 0 Å². The minimum absolute atomic E-state index is 0.0940. The Morgan fingerprint density at radius 3 is 2.70 bits per heavy atom. The van der Waals surface area contributed by atoms with E-state index in [4.69, 9.17) is 14.2 Å². The van der Waals surface area contributed by atoms with Gasteiger partial charge in [-0.05, 0) is 48.9 Å². The van der Waals surface area contributed by atoms with E-state index in [1.54, 1.807) is 37.3 Å². The highest BCUT2D eigenvalue weighted by atomic mass is 16.7. The number of esters is 1. The summed E-state index contributed by atoms with van der Waals surface area (Å²) in [6.45, 7) is 0.989. The van der Waals surface area contributed by atoms with Crippen LogP contribution in [0.2, 0.25) is 0 Å². The van der Waals surface area contributed by atoms with Gasteiger partial charge >= 0.3 is 5.97 Å². The number of carbonyl (C=O) groups is 4. The Morgan fingerprint density at radius 2 is 1.87 bits per heavy atom. The number of carbonyl (C=O) groups excluding carboxylic acids is 4. The molecule has 0 fully saturated rings. The molecule has 30 heavy (non-hydrogen) atoms. The molecule has 0 spiro atoms. The Balaban J connectivity index is 1.27. The van der Waals surface area contributed by atoms with E-state index in [-0.39, 0.29) is 25.2 Å². The molecule has 4 rings (SSSR count). The second-order valence-electron chi connectivity index (χ2n) is 6.85. The summed E-state index contributed by atoms with van der Waals surface area (Å²) < 4.78 is 15.3. The number of benzene rings is 2. The topological polar surface area (TPSA) is 120 Å². The van der Waals surface area contributed by atoms with Crippen LogP contribution in [0.3, 0.4) is 0 Å². The third-order valence-electron chi connectivity index (χ3n) is 4.88. The summed E-state index contributed by atoms with van der Waals surface area (Å²) in [6.07, 6.45) is 0. The average molecular weight is 410 g/mol. The fourth-order valence-corrected chi connectivity index (χ4v) is 3.16. The summed E-state index contributed by atoms with van der Waals surface area (Å²) in [5, 5.41) is 5.16. The van der Waals surface area contributed by atoms with Crippen LogP contribution in [0.4, 0.5) is 5.69 Å². The third-order valence-corrected chi connectivity index (χ3v) is 4.88. The van der Waals surface area contributed by atoms with Crippen molar-refractivity contribution in [3.05, 3.63) is 53.1 Å². The number of ether oxygens (including phenoxy) is 3. The number of nitrogens with one attached hydrogen (secondary N) is 2. The van der Waals surface area contributed by atoms with Crippen molar-refractivity contribution in [2.75, 3.05) is 25.3 Å². The summed E-state index contributed by atoms with van der Waals surface area (Å²) in [7, 11) is 0. The smallest absolute Gasteiger partial charge is 0.325 e. The molecule has 9 heteroatoms. The van der Waals surface area contributed by atoms with Crippen molar-refractivity contribution < 1.29 is 33.4 Å². The molecule has 1 atom stereocenters. The largest absolute Gasteiger partial charge is 0.456 e. The van der Waals surface area contributed by atoms with Crippen LogP contribution >= 0.6 is 0 Å². The predicted octanol–water partition coefficient (Wildman–Crippen LogP) is 1.63. The number of hydrogen-bond acceptors (Lipinski definition) is 7. The number of hydrogen-bond donors (Lipinski definition) is 2. The van der Waals surface area contributed by atoms with Gasteiger partial charge in [0.05, 0.1) is 5.92 Å². The van der Waals surface area contributed by atoms with E-state index in [9.17, 15) is 19.2 Å². The van der Waals surface area contributed by atoms with E-state index in [0.29, 0.717) is 28.3 Å². The fourth-order valence-electron chi connectivity index (χ4n) is 3.16. The summed E-state index contributed by atoms with van der Waals surface area (Å²) >= 11 is 0. The lowest BCUT2D eigenvalue weighted by atomic mass is 9.99. The van der Waals surface area contributed by atoms with Gasteiger partial charge in [-0.15, -0.1) is 0 Å². The first kappa shape index (κ1) is 19.4. The van der Waals surface area contributed by atoms with E-state index < -0.39 is 24.3 Å². The highest BCUT2D eigenvalue weighted by Gasteiger charge is 2.27. The molecule has 2 aromatic carbocycles. The molecule has 2 aromatic rings. The van der Waals surface area contributed by atoms with Gasteiger partial charge in [-0.2, -0.15) is 0 Å². The molecule has 0 aromatic heterocycles. The molecule has 0 aliphatic carbocycles. The molecule has 2 aliphatic rings. The first-order chi connectivity index (χ1) is 14.4. The lowest BCUT2D eigenvalue weighted by molar-refractivity contribution is -0.141. The minimum Gasteiger partial charge on any atom is -0.456 e. The van der Waals surface area contributed by atoms with E-state index in [2.05, 4.69) is 10.6 Å². The zero-order valence-electron chi connectivity index (χ0n) is 16.0. The zero-order chi connectivity index (χ0) is 21.3. The van der Waals surface area contributed by atoms with Crippen LogP contribution in [-0.4, -0.2) is 43.5 Å². The number of rotatable bonds is 6. The number of amides is 2. The number of ketones is 1. The molecule has 2 aliphatic heterocycles. The summed E-state index contributed by atoms with van der Waals surface area (Å²) in [4.78, 5) is 48.1. The predicted molar refractivity (Wildman–Crippen MR) is 104 cm³/mol. The molecule has 0 radical (unpaired) electrons. The van der Waals surface area contributed by atoms with Crippen LogP contribution < -0.4 is 20.1 Å². The molecular formula is C21H18N2O7. The van der Waals surface area contributed by atoms with Gasteiger partial charge < -0.3 is 24.8 Å². The Kier molecular flexibility index (Phi) is 5.09. The van der Waals surface area contributed by atoms with Crippen molar-refractivity contribution in [1.29, 1.82) is 0 Å². The van der Waals surface area contributed by atoms with Gasteiger partial charge in [0.25, 0.3) is 5.91 Å². The third kappa shape index (κ3) is 3.82. The highest BCUT2D eigenvalue weighted by molar-refractivity contribution is 6.05. The Bertz CT molecular complexity index is 1060. The molecule has 154 valence electrons. The molecule has 2 N–H and O–H groups in total. The van der Waals surface area contributed by atoms with Gasteiger partial charge in [-0.25, -0.2) is 0 Å². The monoisotopic (exact) mass is 410 g/mol. The lowest BCUT2D eigenvalue weighted by Gasteiger charge is -2.08. The van der Waals surface area contributed by atoms with Crippen molar-refractivity contribution in [1.82, 2.24) is 5.32 Å². The van der Waals surface area contributed by atoms with Crippen LogP contribution in [0, 0.1) is 0 Å². The van der Waals surface area contributed by atoms with Gasteiger partial charge in [-0.3, -0.25) is 19.2 Å². The van der Waals surface area contributed by atoms with Crippen LogP contribution in [0.5, 0.6) is 11.5 Å². The van der Waals surface area contributed by atoms with Crippen LogP contribution in [0.15, 0.2) is 36.4 Å². The lowest BCUT2D eigenvalue weighted by Crippen LogP contribution is -2.31. The van der Waals surface area contributed by atoms with Crippen molar-refractivity contribution in [3.63, 3.8) is 0 Å². The number of fused-ring (bicyclic) bond motifs is 2.